The van der Waals surface area contributed by atoms with Gasteiger partial charge in [-0.25, -0.2) is 9.59 Å². The average molecular weight is 974 g/mol. The van der Waals surface area contributed by atoms with E-state index in [1.54, 1.807) is 39.5 Å². The number of benzene rings is 2. The molecule has 0 N–H and O–H groups in total. The summed E-state index contributed by atoms with van der Waals surface area (Å²) in [5, 5.41) is 23.3. The highest BCUT2D eigenvalue weighted by Gasteiger charge is 2.44. The molecule has 3 aliphatic rings. The molecule has 2 aromatic rings. The quantitative estimate of drug-likeness (QED) is 0.152. The van der Waals surface area contributed by atoms with Gasteiger partial charge in [-0.3, -0.25) is 34.6 Å². The molecule has 0 radical (unpaired) electrons. The first-order valence-electron chi connectivity index (χ1n) is 23.0. The van der Waals surface area contributed by atoms with Crippen LogP contribution in [0.3, 0.4) is 0 Å². The number of carbonyl (C=O) groups excluding carboxylic acids is 5. The van der Waals surface area contributed by atoms with Crippen molar-refractivity contribution >= 4 is 64.5 Å². The number of Topliss-reactive ketones (excluding diaryl/α,β-unsaturated/α-hetero) is 1. The zero-order valence-corrected chi connectivity index (χ0v) is 42.9. The minimum Gasteiger partial charge on any atom is -0.444 e. The molecule has 0 spiro atoms. The Balaban J connectivity index is 0.000000299. The second kappa shape index (κ2) is 22.0. The van der Waals surface area contributed by atoms with Crippen LogP contribution in [0.5, 0.6) is 0 Å². The molecule has 2 aliphatic heterocycles. The van der Waals surface area contributed by atoms with Crippen LogP contribution in [0, 0.1) is 34.1 Å². The molecule has 0 aromatic heterocycles. The van der Waals surface area contributed by atoms with Gasteiger partial charge in [0.2, 0.25) is 0 Å². The average Bonchev–Trinajstić information content (AvgIpc) is 3.18. The van der Waals surface area contributed by atoms with Gasteiger partial charge in [0, 0.05) is 61.5 Å². The number of rotatable bonds is 11. The molecule has 5 rings (SSSR count). The van der Waals surface area contributed by atoms with Crippen LogP contribution in [0.4, 0.5) is 21.0 Å². The summed E-state index contributed by atoms with van der Waals surface area (Å²) in [7, 11) is 0. The molecule has 4 amide bonds. The molecular formula is C48H69ClN6O11S. The second-order valence-electron chi connectivity index (χ2n) is 20.3. The predicted octanol–water partition coefficient (Wildman–Crippen LogP) is 10.6. The Bertz CT molecular complexity index is 2220. The first kappa shape index (κ1) is 54.6. The largest absolute Gasteiger partial charge is 0.444 e. The summed E-state index contributed by atoms with van der Waals surface area (Å²) in [5.74, 6) is -0.583. The normalized spacial score (nSPS) is 18.3. The molecule has 0 bridgehead atoms. The first-order valence-corrected chi connectivity index (χ1v) is 24.2. The number of hydrogen-bond donors (Lipinski definition) is 0. The number of nitro groups is 2. The Labute approximate surface area is 403 Å². The van der Waals surface area contributed by atoms with Crippen LogP contribution >= 0.6 is 23.4 Å². The standard InChI is InChI=1S/C27H39N3O6S.C21H30ClN3O5/c1-17(2)29(20-10-8-13-28(16-20)25(33)36-26(5,6)7)24(32)21-15-22(30(34)35)23(14-18(21)3)37-27(19(4)31)11-9-12-27;1-13(2)24(15-8-7-9-23(12-15)20(27)30-21(4,5)6)19(26)16-11-18(25(28)29)17(22)10-14(16)3/h14-15,17,20H,8-13,16H2,1-7H3;10-11,13,15H,7-9,12H2,1-6H3/t20-;15-/m11/s1. The summed E-state index contributed by atoms with van der Waals surface area (Å²) in [6.45, 7) is 25.3. The summed E-state index contributed by atoms with van der Waals surface area (Å²) >= 11 is 7.23. The maximum absolute atomic E-state index is 13.9. The number of nitrogens with zero attached hydrogens (tertiary/aromatic N) is 6. The number of ether oxygens (including phenoxy) is 2. The van der Waals surface area contributed by atoms with Crippen LogP contribution in [0.15, 0.2) is 29.2 Å². The highest BCUT2D eigenvalue weighted by atomic mass is 35.5. The lowest BCUT2D eigenvalue weighted by Gasteiger charge is -2.41. The van der Waals surface area contributed by atoms with Crippen molar-refractivity contribution < 1.29 is 43.3 Å². The van der Waals surface area contributed by atoms with E-state index in [0.717, 1.165) is 32.1 Å². The van der Waals surface area contributed by atoms with Gasteiger partial charge in [0.05, 0.1) is 31.6 Å². The van der Waals surface area contributed by atoms with E-state index in [1.807, 2.05) is 69.2 Å². The summed E-state index contributed by atoms with van der Waals surface area (Å²) in [6, 6.07) is 4.92. The minimum absolute atomic E-state index is 0.00101. The lowest BCUT2D eigenvalue weighted by atomic mass is 9.81. The van der Waals surface area contributed by atoms with Gasteiger partial charge in [-0.1, -0.05) is 11.6 Å². The van der Waals surface area contributed by atoms with Crippen molar-refractivity contribution in [2.45, 2.75) is 180 Å². The first-order chi connectivity index (χ1) is 31.0. The molecule has 0 unspecified atom stereocenters. The Morgan fingerprint density at radius 3 is 1.46 bits per heavy atom. The molecule has 2 heterocycles. The fraction of sp³-hybridized carbons (Fsp3) is 0.646. The van der Waals surface area contributed by atoms with Gasteiger partial charge in [-0.2, -0.15) is 0 Å². The summed E-state index contributed by atoms with van der Waals surface area (Å²) in [5.41, 5.74) is 0.0362. The van der Waals surface area contributed by atoms with Gasteiger partial charge in [0.25, 0.3) is 23.2 Å². The molecule has 1 aliphatic carbocycles. The van der Waals surface area contributed by atoms with Crippen LogP contribution < -0.4 is 0 Å². The smallest absolute Gasteiger partial charge is 0.410 e. The fourth-order valence-corrected chi connectivity index (χ4v) is 10.5. The van der Waals surface area contributed by atoms with Crippen LogP contribution in [0.1, 0.15) is 153 Å². The van der Waals surface area contributed by atoms with E-state index in [9.17, 15) is 44.2 Å². The maximum Gasteiger partial charge on any atom is 0.410 e. The van der Waals surface area contributed by atoms with E-state index in [-0.39, 0.29) is 69.3 Å². The van der Waals surface area contributed by atoms with Gasteiger partial charge in [-0.15, -0.1) is 11.8 Å². The molecule has 67 heavy (non-hydrogen) atoms. The summed E-state index contributed by atoms with van der Waals surface area (Å²) in [6.07, 6.45) is 4.42. The number of piperidine rings is 2. The van der Waals surface area contributed by atoms with Crippen molar-refractivity contribution in [2.24, 2.45) is 0 Å². The predicted molar refractivity (Wildman–Crippen MR) is 258 cm³/mol. The fourth-order valence-electron chi connectivity index (χ4n) is 8.66. The Morgan fingerprint density at radius 1 is 0.716 bits per heavy atom. The Kier molecular flexibility index (Phi) is 17.9. The third-order valence-electron chi connectivity index (χ3n) is 12.0. The van der Waals surface area contributed by atoms with Crippen molar-refractivity contribution in [3.8, 4) is 0 Å². The number of hydrogen-bond acceptors (Lipinski definition) is 12. The highest BCUT2D eigenvalue weighted by Crippen LogP contribution is 2.51. The number of amides is 4. The van der Waals surface area contributed by atoms with Gasteiger partial charge in [0.1, 0.15) is 22.0 Å². The van der Waals surface area contributed by atoms with E-state index in [2.05, 4.69) is 0 Å². The molecule has 19 heteroatoms. The molecule has 2 atom stereocenters. The number of halogens is 1. The van der Waals surface area contributed by atoms with Crippen molar-refractivity contribution in [3.05, 3.63) is 71.8 Å². The number of thioether (sulfide) groups is 1. The molecule has 17 nitrogen and oxygen atoms in total. The molecule has 2 saturated heterocycles. The topological polar surface area (TPSA) is 203 Å². The van der Waals surface area contributed by atoms with E-state index in [4.69, 9.17) is 21.1 Å². The number of ketones is 1. The van der Waals surface area contributed by atoms with Crippen molar-refractivity contribution in [1.29, 1.82) is 0 Å². The van der Waals surface area contributed by atoms with E-state index in [1.165, 1.54) is 36.9 Å². The van der Waals surface area contributed by atoms with E-state index < -0.39 is 38.0 Å². The number of likely N-dealkylation sites (tertiary alicyclic amines) is 2. The van der Waals surface area contributed by atoms with Gasteiger partial charge in [0.15, 0.2) is 0 Å². The molecular weight excluding hydrogens is 904 g/mol. The molecule has 1 saturated carbocycles. The van der Waals surface area contributed by atoms with Gasteiger partial charge in [-0.05, 0) is 158 Å². The molecule has 3 fully saturated rings. The number of nitro benzene ring substituents is 2. The SMILES string of the molecule is CC(=O)C1(Sc2cc(C)c(C(=O)N(C(C)C)[C@@H]3CCCN(C(=O)OC(C)(C)C)C3)cc2[N+](=O)[O-])CCC1.Cc1cc(Cl)c([N+](=O)[O-])cc1C(=O)N(C(C)C)[C@@H]1CCCN(C(=O)OC(C)(C)C)C1. The third-order valence-corrected chi connectivity index (χ3v) is 14.0. The van der Waals surface area contributed by atoms with Crippen LogP contribution in [0.2, 0.25) is 5.02 Å². The van der Waals surface area contributed by atoms with E-state index in [0.29, 0.717) is 55.0 Å². The lowest BCUT2D eigenvalue weighted by molar-refractivity contribution is -0.387. The van der Waals surface area contributed by atoms with Gasteiger partial charge >= 0.3 is 12.2 Å². The lowest BCUT2D eigenvalue weighted by Crippen LogP contribution is -2.54. The molecule has 2 aromatic carbocycles. The van der Waals surface area contributed by atoms with E-state index >= 15 is 0 Å². The van der Waals surface area contributed by atoms with Gasteiger partial charge < -0.3 is 29.1 Å². The highest BCUT2D eigenvalue weighted by molar-refractivity contribution is 8.01. The zero-order chi connectivity index (χ0) is 50.5. The van der Waals surface area contributed by atoms with Crippen molar-refractivity contribution in [3.63, 3.8) is 0 Å². The minimum atomic E-state index is -0.625. The monoisotopic (exact) mass is 972 g/mol. The number of aryl methyl sites for hydroxylation is 2. The van der Waals surface area contributed by atoms with Crippen molar-refractivity contribution in [2.75, 3.05) is 26.2 Å². The number of carbonyl (C=O) groups is 5. The Hall–Kier alpha value is -4.97. The summed E-state index contributed by atoms with van der Waals surface area (Å²) in [4.78, 5) is 94.2. The van der Waals surface area contributed by atoms with Crippen molar-refractivity contribution in [1.82, 2.24) is 19.6 Å². The second-order valence-corrected chi connectivity index (χ2v) is 22.2. The van der Waals surface area contributed by atoms with Crippen LogP contribution in [-0.2, 0) is 14.3 Å². The third kappa shape index (κ3) is 13.8. The Morgan fingerprint density at radius 2 is 1.12 bits per heavy atom. The molecule has 370 valence electrons. The maximum atomic E-state index is 13.9. The summed E-state index contributed by atoms with van der Waals surface area (Å²) < 4.78 is 10.4. The van der Waals surface area contributed by atoms with Crippen LogP contribution in [-0.4, -0.2) is 126 Å². The zero-order valence-electron chi connectivity index (χ0n) is 41.4. The van der Waals surface area contributed by atoms with Crippen LogP contribution in [0.25, 0.3) is 0 Å².